The molecule has 3 rings (SSSR count). The van der Waals surface area contributed by atoms with Crippen molar-refractivity contribution in [1.82, 2.24) is 14.9 Å². The second kappa shape index (κ2) is 6.74. The van der Waals surface area contributed by atoms with E-state index in [2.05, 4.69) is 9.97 Å². The number of benzene rings is 1. The van der Waals surface area contributed by atoms with Gasteiger partial charge in [0.2, 0.25) is 0 Å². The summed E-state index contributed by atoms with van der Waals surface area (Å²) in [6.45, 7) is 4.53. The van der Waals surface area contributed by atoms with Crippen molar-refractivity contribution in [3.8, 4) is 0 Å². The average molecular weight is 345 g/mol. The fourth-order valence-corrected chi connectivity index (χ4v) is 3.22. The Hall–Kier alpha value is -2.57. The molecule has 25 heavy (non-hydrogen) atoms. The van der Waals surface area contributed by atoms with Gasteiger partial charge in [0, 0.05) is 25.6 Å². The van der Waals surface area contributed by atoms with Crippen molar-refractivity contribution >= 4 is 22.9 Å². The van der Waals surface area contributed by atoms with E-state index in [9.17, 15) is 14.0 Å². The number of aromatic nitrogens is 2. The molecule has 6 nitrogen and oxygen atoms in total. The molecule has 7 heteroatoms. The molecule has 1 aromatic carbocycles. The van der Waals surface area contributed by atoms with Gasteiger partial charge in [-0.05, 0) is 38.7 Å². The molecular weight excluding hydrogens is 325 g/mol. The molecule has 1 aliphatic rings. The van der Waals surface area contributed by atoms with Gasteiger partial charge in [-0.2, -0.15) is 0 Å². The number of carboxylic acids is 1. The zero-order valence-corrected chi connectivity index (χ0v) is 14.3. The summed E-state index contributed by atoms with van der Waals surface area (Å²) < 4.78 is 14.0. The Morgan fingerprint density at radius 2 is 1.84 bits per heavy atom. The number of carboxylic acid groups (broad SMARTS) is 1. The Labute approximate surface area is 144 Å². The monoisotopic (exact) mass is 345 g/mol. The second-order valence-corrected chi connectivity index (χ2v) is 6.55. The first-order valence-electron chi connectivity index (χ1n) is 8.30. The minimum atomic E-state index is -0.818. The zero-order valence-electron chi connectivity index (χ0n) is 14.3. The van der Waals surface area contributed by atoms with Gasteiger partial charge in [-0.15, -0.1) is 0 Å². The molecule has 0 atom stereocenters. The van der Waals surface area contributed by atoms with Crippen LogP contribution < -0.4 is 0 Å². The Balaban J connectivity index is 1.88. The first kappa shape index (κ1) is 17.3. The molecule has 1 N–H and O–H groups in total. The first-order valence-corrected chi connectivity index (χ1v) is 8.30. The summed E-state index contributed by atoms with van der Waals surface area (Å²) in [5, 5.41) is 8.88. The molecule has 0 unspecified atom stereocenters. The van der Waals surface area contributed by atoms with Crippen LogP contribution in [0.5, 0.6) is 0 Å². The summed E-state index contributed by atoms with van der Waals surface area (Å²) in [6.07, 6.45) is 1.39. The SMILES string of the molecule is Cc1nc2cc(F)cc(C(=O)N3CCC(CC(=O)O)CC3)c2nc1C. The van der Waals surface area contributed by atoms with Gasteiger partial charge in [0.25, 0.3) is 5.91 Å². The van der Waals surface area contributed by atoms with Crippen molar-refractivity contribution in [3.63, 3.8) is 0 Å². The van der Waals surface area contributed by atoms with Crippen LogP contribution in [-0.2, 0) is 4.79 Å². The molecule has 2 aromatic rings. The largest absolute Gasteiger partial charge is 0.481 e. The fourth-order valence-electron chi connectivity index (χ4n) is 3.22. The van der Waals surface area contributed by atoms with Crippen LogP contribution in [0.15, 0.2) is 12.1 Å². The molecule has 0 saturated carbocycles. The lowest BCUT2D eigenvalue weighted by Crippen LogP contribution is -2.39. The Kier molecular flexibility index (Phi) is 4.65. The molecule has 1 fully saturated rings. The average Bonchev–Trinajstić information content (AvgIpc) is 2.55. The summed E-state index contributed by atoms with van der Waals surface area (Å²) in [6, 6.07) is 2.49. The van der Waals surface area contributed by atoms with Gasteiger partial charge in [-0.25, -0.2) is 14.4 Å². The van der Waals surface area contributed by atoms with Crippen LogP contribution in [0.1, 0.15) is 41.0 Å². The van der Waals surface area contributed by atoms with E-state index in [1.165, 1.54) is 12.1 Å². The molecule has 1 amide bonds. The summed E-state index contributed by atoms with van der Waals surface area (Å²) in [5.74, 6) is -1.54. The van der Waals surface area contributed by atoms with Gasteiger partial charge in [-0.3, -0.25) is 9.59 Å². The normalized spacial score (nSPS) is 15.6. The summed E-state index contributed by atoms with van der Waals surface area (Å²) >= 11 is 0. The summed E-state index contributed by atoms with van der Waals surface area (Å²) in [7, 11) is 0. The molecule has 132 valence electrons. The highest BCUT2D eigenvalue weighted by Gasteiger charge is 2.27. The smallest absolute Gasteiger partial charge is 0.303 e. The van der Waals surface area contributed by atoms with E-state index >= 15 is 0 Å². The van der Waals surface area contributed by atoms with Crippen molar-refractivity contribution in [2.45, 2.75) is 33.1 Å². The van der Waals surface area contributed by atoms with Crippen molar-refractivity contribution in [1.29, 1.82) is 0 Å². The van der Waals surface area contributed by atoms with E-state index < -0.39 is 11.8 Å². The number of halogens is 1. The Morgan fingerprint density at radius 3 is 2.48 bits per heavy atom. The van der Waals surface area contributed by atoms with E-state index in [1.807, 2.05) is 0 Å². The number of nitrogens with zero attached hydrogens (tertiary/aromatic N) is 3. The Morgan fingerprint density at radius 1 is 1.20 bits per heavy atom. The minimum Gasteiger partial charge on any atom is -0.481 e. The van der Waals surface area contributed by atoms with E-state index in [0.29, 0.717) is 48.4 Å². The molecule has 2 heterocycles. The number of fused-ring (bicyclic) bond motifs is 1. The summed E-state index contributed by atoms with van der Waals surface area (Å²) in [5.41, 5.74) is 2.39. The van der Waals surface area contributed by atoms with E-state index in [1.54, 1.807) is 18.7 Å². The van der Waals surface area contributed by atoms with Gasteiger partial charge in [0.05, 0.1) is 22.5 Å². The van der Waals surface area contributed by atoms with Gasteiger partial charge in [0.1, 0.15) is 11.3 Å². The van der Waals surface area contributed by atoms with Crippen molar-refractivity contribution < 1.29 is 19.1 Å². The third-order valence-corrected chi connectivity index (χ3v) is 4.74. The van der Waals surface area contributed by atoms with Crippen LogP contribution in [-0.4, -0.2) is 44.9 Å². The highest BCUT2D eigenvalue weighted by molar-refractivity contribution is 6.04. The number of amides is 1. The highest BCUT2D eigenvalue weighted by Crippen LogP contribution is 2.25. The van der Waals surface area contributed by atoms with Crippen molar-refractivity contribution in [2.75, 3.05) is 13.1 Å². The highest BCUT2D eigenvalue weighted by atomic mass is 19.1. The summed E-state index contributed by atoms with van der Waals surface area (Å²) in [4.78, 5) is 34.1. The number of likely N-dealkylation sites (tertiary alicyclic amines) is 1. The van der Waals surface area contributed by atoms with Crippen molar-refractivity contribution in [3.05, 3.63) is 34.9 Å². The standard InChI is InChI=1S/C18H20FN3O3/c1-10-11(2)21-17-14(8-13(19)9-15(17)20-10)18(25)22-5-3-12(4-6-22)7-16(23)24/h8-9,12H,3-7H2,1-2H3,(H,23,24). The lowest BCUT2D eigenvalue weighted by atomic mass is 9.93. The van der Waals surface area contributed by atoms with Gasteiger partial charge in [-0.1, -0.05) is 0 Å². The number of rotatable bonds is 3. The molecular formula is C18H20FN3O3. The zero-order chi connectivity index (χ0) is 18.1. The molecule has 0 aliphatic carbocycles. The maximum absolute atomic E-state index is 14.0. The molecule has 1 saturated heterocycles. The Bertz CT molecular complexity index is 845. The maximum atomic E-state index is 14.0. The fraction of sp³-hybridized carbons (Fsp3) is 0.444. The number of hydrogen-bond acceptors (Lipinski definition) is 4. The topological polar surface area (TPSA) is 83.4 Å². The van der Waals surface area contributed by atoms with Crippen LogP contribution in [0.4, 0.5) is 4.39 Å². The van der Waals surface area contributed by atoms with E-state index in [0.717, 1.165) is 0 Å². The number of carbonyl (C=O) groups excluding carboxylic acids is 1. The third-order valence-electron chi connectivity index (χ3n) is 4.74. The van der Waals surface area contributed by atoms with Crippen LogP contribution in [0.3, 0.4) is 0 Å². The molecule has 0 bridgehead atoms. The minimum absolute atomic E-state index is 0.0792. The number of aliphatic carboxylic acids is 1. The van der Waals surface area contributed by atoms with Crippen LogP contribution in [0.25, 0.3) is 11.0 Å². The predicted molar refractivity (Wildman–Crippen MR) is 89.9 cm³/mol. The van der Waals surface area contributed by atoms with E-state index in [-0.39, 0.29) is 23.8 Å². The van der Waals surface area contributed by atoms with E-state index in [4.69, 9.17) is 5.11 Å². The van der Waals surface area contributed by atoms with Gasteiger partial charge < -0.3 is 10.0 Å². The second-order valence-electron chi connectivity index (χ2n) is 6.55. The maximum Gasteiger partial charge on any atom is 0.303 e. The first-order chi connectivity index (χ1) is 11.8. The predicted octanol–water partition coefficient (Wildman–Crippen LogP) is 2.71. The molecule has 1 aliphatic heterocycles. The number of aryl methyl sites for hydroxylation is 2. The lowest BCUT2D eigenvalue weighted by Gasteiger charge is -2.31. The van der Waals surface area contributed by atoms with Crippen LogP contribution in [0, 0.1) is 25.6 Å². The third kappa shape index (κ3) is 3.60. The number of hydrogen-bond donors (Lipinski definition) is 1. The lowest BCUT2D eigenvalue weighted by molar-refractivity contribution is -0.138. The molecule has 0 spiro atoms. The molecule has 1 aromatic heterocycles. The van der Waals surface area contributed by atoms with Crippen LogP contribution in [0.2, 0.25) is 0 Å². The molecule has 0 radical (unpaired) electrons. The van der Waals surface area contributed by atoms with Gasteiger partial charge in [0.15, 0.2) is 0 Å². The quantitative estimate of drug-likeness (QED) is 0.925. The number of piperidine rings is 1. The van der Waals surface area contributed by atoms with Crippen molar-refractivity contribution in [2.24, 2.45) is 5.92 Å². The van der Waals surface area contributed by atoms with Crippen LogP contribution >= 0.6 is 0 Å². The number of carbonyl (C=O) groups is 2. The van der Waals surface area contributed by atoms with Gasteiger partial charge >= 0.3 is 5.97 Å².